The second-order valence-electron chi connectivity index (χ2n) is 5.97. The van der Waals surface area contributed by atoms with Gasteiger partial charge in [-0.2, -0.15) is 0 Å². The fourth-order valence-corrected chi connectivity index (χ4v) is 3.07. The van der Waals surface area contributed by atoms with Gasteiger partial charge in [-0.05, 0) is 42.8 Å². The lowest BCUT2D eigenvalue weighted by Crippen LogP contribution is -2.32. The van der Waals surface area contributed by atoms with Gasteiger partial charge in [-0.3, -0.25) is 9.59 Å². The number of carbonyl (C=O) groups is 2. The minimum atomic E-state index is -0.851. The van der Waals surface area contributed by atoms with Gasteiger partial charge >= 0.3 is 0 Å². The Bertz CT molecular complexity index is 841. The molecule has 1 aliphatic heterocycles. The minimum Gasteiger partial charge on any atom is -0.391 e. The number of halogens is 2. The number of nitrogens with two attached hydrogens (primary N) is 1. The molecule has 5 nitrogen and oxygen atoms in total. The van der Waals surface area contributed by atoms with Gasteiger partial charge in [0.2, 0.25) is 5.91 Å². The van der Waals surface area contributed by atoms with Gasteiger partial charge in [0.1, 0.15) is 11.6 Å². The Hall–Kier alpha value is -2.80. The molecule has 1 aliphatic rings. The standard InChI is InChI=1S/C18H16F2N2O3/c19-12-4-5-15(20)14(7-12)16-8-13(23)9-22(16)18(25)11-3-1-2-10(6-11)17(21)24/h1-7,13,16,23H,8-9H2,(H2,21,24)/t13-,16+/m1/s1. The number of benzene rings is 2. The van der Waals surface area contributed by atoms with Crippen molar-refractivity contribution in [3.05, 3.63) is 70.8 Å². The van der Waals surface area contributed by atoms with E-state index in [2.05, 4.69) is 0 Å². The summed E-state index contributed by atoms with van der Waals surface area (Å²) in [5.74, 6) is -2.44. The molecule has 0 spiro atoms. The van der Waals surface area contributed by atoms with Crippen molar-refractivity contribution in [1.82, 2.24) is 4.90 Å². The van der Waals surface area contributed by atoms with E-state index in [0.717, 1.165) is 18.2 Å². The van der Waals surface area contributed by atoms with Crippen LogP contribution in [-0.2, 0) is 0 Å². The number of aliphatic hydroxyl groups excluding tert-OH is 1. The molecule has 1 saturated heterocycles. The number of amides is 2. The molecule has 7 heteroatoms. The van der Waals surface area contributed by atoms with E-state index in [4.69, 9.17) is 5.73 Å². The number of likely N-dealkylation sites (tertiary alicyclic amines) is 1. The third-order valence-electron chi connectivity index (χ3n) is 4.25. The van der Waals surface area contributed by atoms with Gasteiger partial charge in [0.25, 0.3) is 5.91 Å². The second-order valence-corrected chi connectivity index (χ2v) is 5.97. The Morgan fingerprint density at radius 2 is 1.84 bits per heavy atom. The Morgan fingerprint density at radius 3 is 2.56 bits per heavy atom. The molecule has 1 heterocycles. The Kier molecular flexibility index (Phi) is 4.50. The van der Waals surface area contributed by atoms with E-state index in [1.165, 1.54) is 29.2 Å². The van der Waals surface area contributed by atoms with E-state index in [1.807, 2.05) is 0 Å². The predicted octanol–water partition coefficient (Wildman–Crippen LogP) is 2.01. The van der Waals surface area contributed by atoms with Crippen molar-refractivity contribution in [3.8, 4) is 0 Å². The van der Waals surface area contributed by atoms with Crippen molar-refractivity contribution in [2.24, 2.45) is 5.73 Å². The first-order chi connectivity index (χ1) is 11.9. The zero-order valence-corrected chi connectivity index (χ0v) is 13.2. The average molecular weight is 346 g/mol. The number of carbonyl (C=O) groups excluding carboxylic acids is 2. The fourth-order valence-electron chi connectivity index (χ4n) is 3.07. The van der Waals surface area contributed by atoms with Crippen LogP contribution in [0.2, 0.25) is 0 Å². The number of hydrogen-bond donors (Lipinski definition) is 2. The van der Waals surface area contributed by atoms with Crippen molar-refractivity contribution < 1.29 is 23.5 Å². The molecule has 2 aromatic rings. The number of β-amino-alcohol motifs (C(OH)–C–C–N with tert-alkyl or cyclic N) is 1. The lowest BCUT2D eigenvalue weighted by atomic mass is 10.0. The van der Waals surface area contributed by atoms with Gasteiger partial charge in [-0.1, -0.05) is 6.07 Å². The van der Waals surface area contributed by atoms with E-state index >= 15 is 0 Å². The summed E-state index contributed by atoms with van der Waals surface area (Å²) >= 11 is 0. The predicted molar refractivity (Wildman–Crippen MR) is 85.7 cm³/mol. The Labute approximate surface area is 142 Å². The van der Waals surface area contributed by atoms with Crippen LogP contribution in [0.4, 0.5) is 8.78 Å². The van der Waals surface area contributed by atoms with Crippen molar-refractivity contribution in [1.29, 1.82) is 0 Å². The number of aliphatic hydroxyl groups is 1. The average Bonchev–Trinajstić information content (AvgIpc) is 2.98. The normalized spacial score (nSPS) is 19.9. The first kappa shape index (κ1) is 17.0. The summed E-state index contributed by atoms with van der Waals surface area (Å²) in [6.07, 6.45) is -0.752. The quantitative estimate of drug-likeness (QED) is 0.892. The van der Waals surface area contributed by atoms with Crippen LogP contribution >= 0.6 is 0 Å². The summed E-state index contributed by atoms with van der Waals surface area (Å²) in [5.41, 5.74) is 5.58. The van der Waals surface area contributed by atoms with Gasteiger partial charge < -0.3 is 15.7 Å². The van der Waals surface area contributed by atoms with Crippen LogP contribution in [0, 0.1) is 11.6 Å². The second kappa shape index (κ2) is 6.60. The van der Waals surface area contributed by atoms with E-state index in [9.17, 15) is 23.5 Å². The molecule has 2 aromatic carbocycles. The highest BCUT2D eigenvalue weighted by atomic mass is 19.1. The lowest BCUT2D eigenvalue weighted by Gasteiger charge is -2.25. The number of nitrogens with zero attached hydrogens (tertiary/aromatic N) is 1. The summed E-state index contributed by atoms with van der Waals surface area (Å²) in [6.45, 7) is -0.0136. The maximum Gasteiger partial charge on any atom is 0.254 e. The first-order valence-corrected chi connectivity index (χ1v) is 7.70. The van der Waals surface area contributed by atoms with Crippen LogP contribution in [-0.4, -0.2) is 34.5 Å². The van der Waals surface area contributed by atoms with Gasteiger partial charge in [-0.25, -0.2) is 8.78 Å². The largest absolute Gasteiger partial charge is 0.391 e. The number of primary amides is 1. The van der Waals surface area contributed by atoms with Gasteiger partial charge in [0.15, 0.2) is 0 Å². The van der Waals surface area contributed by atoms with Gasteiger partial charge in [0, 0.05) is 23.2 Å². The van der Waals surface area contributed by atoms with E-state index in [1.54, 1.807) is 0 Å². The van der Waals surface area contributed by atoms with Crippen LogP contribution < -0.4 is 5.73 Å². The lowest BCUT2D eigenvalue weighted by molar-refractivity contribution is 0.0713. The summed E-state index contributed by atoms with van der Waals surface area (Å²) < 4.78 is 27.6. The van der Waals surface area contributed by atoms with Crippen molar-refractivity contribution >= 4 is 11.8 Å². The molecule has 2 amide bonds. The highest BCUT2D eigenvalue weighted by Gasteiger charge is 2.37. The minimum absolute atomic E-state index is 0.0101. The van der Waals surface area contributed by atoms with Crippen LogP contribution in [0.5, 0.6) is 0 Å². The van der Waals surface area contributed by atoms with Crippen LogP contribution in [0.15, 0.2) is 42.5 Å². The summed E-state index contributed by atoms with van der Waals surface area (Å²) in [6, 6.07) is 8.04. The molecule has 0 aliphatic carbocycles. The zero-order chi connectivity index (χ0) is 18.1. The highest BCUT2D eigenvalue weighted by Crippen LogP contribution is 2.35. The molecule has 0 radical (unpaired) electrons. The van der Waals surface area contributed by atoms with Gasteiger partial charge in [-0.15, -0.1) is 0 Å². The molecule has 130 valence electrons. The summed E-state index contributed by atoms with van der Waals surface area (Å²) in [5, 5.41) is 9.95. The van der Waals surface area contributed by atoms with Crippen LogP contribution in [0.1, 0.15) is 38.7 Å². The zero-order valence-electron chi connectivity index (χ0n) is 13.2. The van der Waals surface area contributed by atoms with Crippen molar-refractivity contribution in [3.63, 3.8) is 0 Å². The molecular weight excluding hydrogens is 330 g/mol. The molecule has 0 unspecified atom stereocenters. The Morgan fingerprint density at radius 1 is 1.12 bits per heavy atom. The molecule has 25 heavy (non-hydrogen) atoms. The molecule has 0 aromatic heterocycles. The molecule has 2 atom stereocenters. The van der Waals surface area contributed by atoms with Gasteiger partial charge in [0.05, 0.1) is 12.1 Å². The molecule has 0 bridgehead atoms. The molecular formula is C18H16F2N2O3. The topological polar surface area (TPSA) is 83.6 Å². The molecule has 3 rings (SSSR count). The SMILES string of the molecule is NC(=O)c1cccc(C(=O)N2C[C@H](O)C[C@H]2c2cc(F)ccc2F)c1. The van der Waals surface area contributed by atoms with Crippen LogP contribution in [0.25, 0.3) is 0 Å². The molecule has 0 saturated carbocycles. The third-order valence-corrected chi connectivity index (χ3v) is 4.25. The maximum absolute atomic E-state index is 14.1. The van der Waals surface area contributed by atoms with Crippen molar-refractivity contribution in [2.45, 2.75) is 18.6 Å². The number of hydrogen-bond acceptors (Lipinski definition) is 3. The first-order valence-electron chi connectivity index (χ1n) is 7.70. The van der Waals surface area contributed by atoms with E-state index in [0.29, 0.717) is 0 Å². The van der Waals surface area contributed by atoms with Crippen molar-refractivity contribution in [2.75, 3.05) is 6.54 Å². The molecule has 1 fully saturated rings. The Balaban J connectivity index is 1.96. The number of rotatable bonds is 3. The maximum atomic E-state index is 14.1. The highest BCUT2D eigenvalue weighted by molar-refractivity contribution is 5.99. The molecule has 3 N–H and O–H groups in total. The summed E-state index contributed by atoms with van der Waals surface area (Å²) in [4.78, 5) is 25.4. The van der Waals surface area contributed by atoms with Crippen LogP contribution in [0.3, 0.4) is 0 Å². The van der Waals surface area contributed by atoms with E-state index < -0.39 is 35.6 Å². The summed E-state index contributed by atoms with van der Waals surface area (Å²) in [7, 11) is 0. The third kappa shape index (κ3) is 3.36. The smallest absolute Gasteiger partial charge is 0.254 e. The fraction of sp³-hybridized carbons (Fsp3) is 0.222. The van der Waals surface area contributed by atoms with E-state index in [-0.39, 0.29) is 29.7 Å². The monoisotopic (exact) mass is 346 g/mol.